The molecule has 0 N–H and O–H groups in total. The summed E-state index contributed by atoms with van der Waals surface area (Å²) in [6.07, 6.45) is 6.74. The third kappa shape index (κ3) is 2.26. The average molecular weight is 167 g/mol. The molecule has 0 aliphatic rings. The van der Waals surface area contributed by atoms with Crippen molar-refractivity contribution in [2.45, 2.75) is 26.7 Å². The molecule has 0 saturated heterocycles. The number of hydrogen-bond donors (Lipinski definition) is 0. The van der Waals surface area contributed by atoms with Gasteiger partial charge in [-0.05, 0) is 12.8 Å². The Kier molecular flexibility index (Phi) is 3.64. The summed E-state index contributed by atoms with van der Waals surface area (Å²) in [5, 5.41) is 3.57. The largest absolute Gasteiger partial charge is 0.367 e. The fourth-order valence-electron chi connectivity index (χ4n) is 1.21. The lowest BCUT2D eigenvalue weighted by molar-refractivity contribution is 0.418. The summed E-state index contributed by atoms with van der Waals surface area (Å²) < 4.78 is 4.74. The molecule has 1 heterocycles. The predicted molar refractivity (Wildman–Crippen MR) is 48.1 cm³/mol. The van der Waals surface area contributed by atoms with Crippen LogP contribution in [0, 0.1) is 6.20 Å². The second-order valence-electron chi connectivity index (χ2n) is 2.80. The van der Waals surface area contributed by atoms with Crippen LogP contribution in [0.4, 0.5) is 5.69 Å². The van der Waals surface area contributed by atoms with Gasteiger partial charge in [-0.15, -0.1) is 0 Å². The van der Waals surface area contributed by atoms with Crippen LogP contribution in [0.25, 0.3) is 0 Å². The van der Waals surface area contributed by atoms with Gasteiger partial charge in [-0.25, -0.2) is 0 Å². The highest BCUT2D eigenvalue weighted by atomic mass is 16.5. The number of aromatic nitrogens is 1. The van der Waals surface area contributed by atoms with Crippen LogP contribution >= 0.6 is 0 Å². The van der Waals surface area contributed by atoms with Crippen molar-refractivity contribution in [3.8, 4) is 0 Å². The molecule has 0 fully saturated rings. The van der Waals surface area contributed by atoms with Crippen molar-refractivity contribution in [1.82, 2.24) is 5.16 Å². The zero-order valence-corrected chi connectivity index (χ0v) is 7.71. The molecule has 1 rings (SSSR count). The van der Waals surface area contributed by atoms with Gasteiger partial charge in [0.2, 0.25) is 0 Å². The minimum Gasteiger partial charge on any atom is -0.367 e. The summed E-state index contributed by atoms with van der Waals surface area (Å²) in [6.45, 7) is 6.42. The molecule has 0 aliphatic carbocycles. The van der Waals surface area contributed by atoms with Crippen LogP contribution in [-0.2, 0) is 0 Å². The summed E-state index contributed by atoms with van der Waals surface area (Å²) in [7, 11) is 0. The van der Waals surface area contributed by atoms with Crippen molar-refractivity contribution >= 4 is 5.69 Å². The van der Waals surface area contributed by atoms with E-state index in [1.165, 1.54) is 0 Å². The Bertz CT molecular complexity index is 190. The van der Waals surface area contributed by atoms with E-state index in [0.717, 1.165) is 31.6 Å². The Balaban J connectivity index is 2.53. The normalized spacial score (nSPS) is 10.2. The summed E-state index contributed by atoms with van der Waals surface area (Å²) in [4.78, 5) is 2.23. The standard InChI is InChI=1S/C9H15N2O/c1-3-5-11(6-4-2)9-7-10-12-8-9/h8H,3-6H2,1-2H3. The number of anilines is 1. The maximum absolute atomic E-state index is 4.74. The molecule has 0 bridgehead atoms. The lowest BCUT2D eigenvalue weighted by Gasteiger charge is -2.20. The van der Waals surface area contributed by atoms with Crippen LogP contribution in [0.2, 0.25) is 0 Å². The van der Waals surface area contributed by atoms with Gasteiger partial charge >= 0.3 is 0 Å². The summed E-state index contributed by atoms with van der Waals surface area (Å²) in [6, 6.07) is 0. The molecule has 67 valence electrons. The van der Waals surface area contributed by atoms with Crippen molar-refractivity contribution in [3.05, 3.63) is 12.5 Å². The number of rotatable bonds is 5. The molecule has 3 heteroatoms. The Morgan fingerprint density at radius 2 is 2.08 bits per heavy atom. The second kappa shape index (κ2) is 4.80. The molecule has 0 saturated carbocycles. The van der Waals surface area contributed by atoms with E-state index >= 15 is 0 Å². The maximum atomic E-state index is 4.74. The molecule has 0 amide bonds. The van der Waals surface area contributed by atoms with Crippen LogP contribution in [-0.4, -0.2) is 18.2 Å². The Labute approximate surface area is 73.3 Å². The molecular formula is C9H15N2O. The molecule has 0 aliphatic heterocycles. The van der Waals surface area contributed by atoms with Crippen LogP contribution in [0.3, 0.4) is 0 Å². The molecular weight excluding hydrogens is 152 g/mol. The van der Waals surface area contributed by atoms with Gasteiger partial charge < -0.3 is 9.42 Å². The van der Waals surface area contributed by atoms with E-state index < -0.39 is 0 Å². The fraction of sp³-hybridized carbons (Fsp3) is 0.667. The van der Waals surface area contributed by atoms with E-state index in [-0.39, 0.29) is 0 Å². The van der Waals surface area contributed by atoms with Crippen molar-refractivity contribution in [2.24, 2.45) is 0 Å². The van der Waals surface area contributed by atoms with Crippen LogP contribution in [0.5, 0.6) is 0 Å². The van der Waals surface area contributed by atoms with Crippen molar-refractivity contribution in [1.29, 1.82) is 0 Å². The molecule has 1 radical (unpaired) electrons. The van der Waals surface area contributed by atoms with Crippen molar-refractivity contribution in [3.63, 3.8) is 0 Å². The van der Waals surface area contributed by atoms with Gasteiger partial charge in [0, 0.05) is 13.1 Å². The first-order valence-corrected chi connectivity index (χ1v) is 4.45. The van der Waals surface area contributed by atoms with Gasteiger partial charge in [0.25, 0.3) is 0 Å². The molecule has 1 aromatic heterocycles. The Morgan fingerprint density at radius 1 is 1.42 bits per heavy atom. The molecule has 12 heavy (non-hydrogen) atoms. The summed E-state index contributed by atoms with van der Waals surface area (Å²) in [5.41, 5.74) is 0.971. The lowest BCUT2D eigenvalue weighted by Crippen LogP contribution is -2.24. The molecule has 0 unspecified atom stereocenters. The average Bonchev–Trinajstić information content (AvgIpc) is 2.56. The quantitative estimate of drug-likeness (QED) is 0.672. The molecule has 1 aromatic rings. The first-order chi connectivity index (χ1) is 5.88. The summed E-state index contributed by atoms with van der Waals surface area (Å²) >= 11 is 0. The molecule has 0 spiro atoms. The molecule has 3 nitrogen and oxygen atoms in total. The van der Waals surface area contributed by atoms with Crippen molar-refractivity contribution < 1.29 is 4.52 Å². The van der Waals surface area contributed by atoms with Crippen molar-refractivity contribution in [2.75, 3.05) is 18.0 Å². The van der Waals surface area contributed by atoms with Gasteiger partial charge in [0.05, 0.1) is 0 Å². The Morgan fingerprint density at radius 3 is 2.50 bits per heavy atom. The zero-order valence-electron chi connectivity index (χ0n) is 7.71. The van der Waals surface area contributed by atoms with E-state index in [0.29, 0.717) is 0 Å². The molecule has 0 aromatic carbocycles. The predicted octanol–water partition coefficient (Wildman–Crippen LogP) is 2.10. The molecule has 0 atom stereocenters. The van der Waals surface area contributed by atoms with Gasteiger partial charge in [-0.3, -0.25) is 0 Å². The second-order valence-corrected chi connectivity index (χ2v) is 2.80. The topological polar surface area (TPSA) is 29.3 Å². The first-order valence-electron chi connectivity index (χ1n) is 4.45. The SMILES string of the molecule is CCCN(CCC)c1[c]noc1. The van der Waals surface area contributed by atoms with E-state index in [4.69, 9.17) is 4.52 Å². The number of nitrogens with zero attached hydrogens (tertiary/aromatic N) is 2. The first kappa shape index (κ1) is 9.10. The van der Waals surface area contributed by atoms with Gasteiger partial charge in [0.1, 0.15) is 12.0 Å². The number of hydrogen-bond acceptors (Lipinski definition) is 3. The minimum atomic E-state index is 0.971. The van der Waals surface area contributed by atoms with E-state index in [1.54, 1.807) is 6.26 Å². The highest BCUT2D eigenvalue weighted by Gasteiger charge is 2.05. The van der Waals surface area contributed by atoms with Crippen LogP contribution < -0.4 is 4.90 Å². The lowest BCUT2D eigenvalue weighted by atomic mass is 10.3. The highest BCUT2D eigenvalue weighted by molar-refractivity contribution is 5.39. The van der Waals surface area contributed by atoms with Crippen LogP contribution in [0.15, 0.2) is 10.8 Å². The smallest absolute Gasteiger partial charge is 0.161 e. The summed E-state index contributed by atoms with van der Waals surface area (Å²) in [5.74, 6) is 0. The third-order valence-corrected chi connectivity index (χ3v) is 1.70. The van der Waals surface area contributed by atoms with E-state index in [1.807, 2.05) is 0 Å². The van der Waals surface area contributed by atoms with Crippen LogP contribution in [0.1, 0.15) is 26.7 Å². The van der Waals surface area contributed by atoms with E-state index in [2.05, 4.69) is 30.1 Å². The van der Waals surface area contributed by atoms with Gasteiger partial charge in [-0.1, -0.05) is 19.0 Å². The zero-order chi connectivity index (χ0) is 8.81. The monoisotopic (exact) mass is 167 g/mol. The van der Waals surface area contributed by atoms with E-state index in [9.17, 15) is 0 Å². The Hall–Kier alpha value is -0.990. The maximum Gasteiger partial charge on any atom is 0.161 e. The minimum absolute atomic E-state index is 0.971. The highest BCUT2D eigenvalue weighted by Crippen LogP contribution is 2.12. The van der Waals surface area contributed by atoms with Gasteiger partial charge in [-0.2, -0.15) is 0 Å². The third-order valence-electron chi connectivity index (χ3n) is 1.70. The fourth-order valence-corrected chi connectivity index (χ4v) is 1.21. The van der Waals surface area contributed by atoms with Gasteiger partial charge in [0.15, 0.2) is 6.20 Å².